The fourth-order valence-electron chi connectivity index (χ4n) is 0.520. The van der Waals surface area contributed by atoms with Crippen LogP contribution in [0.2, 0.25) is 0 Å². The molecule has 0 saturated carbocycles. The Labute approximate surface area is 79.9 Å². The lowest BCUT2D eigenvalue weighted by atomic mass is 10.4. The van der Waals surface area contributed by atoms with E-state index in [1.807, 2.05) is 0 Å². The third-order valence-electron chi connectivity index (χ3n) is 1.07. The molecule has 0 heterocycles. The minimum Gasteiger partial charge on any atom is -0.440 e. The Balaban J connectivity index is 3.36. The van der Waals surface area contributed by atoms with E-state index in [1.54, 1.807) is 0 Å². The summed E-state index contributed by atoms with van der Waals surface area (Å²) in [6.07, 6.45) is -0.936. The van der Waals surface area contributed by atoms with Crippen LogP contribution in [0.15, 0.2) is 0 Å². The molecule has 0 aliphatic rings. The molecule has 0 aliphatic heterocycles. The van der Waals surface area contributed by atoms with E-state index >= 15 is 0 Å². The molecule has 6 N–H and O–H groups in total. The summed E-state index contributed by atoms with van der Waals surface area (Å²) in [7, 11) is 0. The van der Waals surface area contributed by atoms with Crippen LogP contribution in [-0.2, 0) is 14.3 Å². The molecule has 0 aromatic heterocycles. The highest BCUT2D eigenvalue weighted by Gasteiger charge is 2.02. The highest BCUT2D eigenvalue weighted by atomic mass is 16.5. The lowest BCUT2D eigenvalue weighted by molar-refractivity contribution is -0.125. The number of hydrazine groups is 1. The molecule has 0 bridgehead atoms. The first-order valence-corrected chi connectivity index (χ1v) is 3.74. The molecular formula is C6H12N4O4. The molecule has 0 atom stereocenters. The number of nitrogens with two attached hydrogens (primary N) is 2. The third-order valence-corrected chi connectivity index (χ3v) is 1.07. The van der Waals surface area contributed by atoms with E-state index < -0.39 is 24.5 Å². The fourth-order valence-corrected chi connectivity index (χ4v) is 0.520. The largest absolute Gasteiger partial charge is 0.440 e. The van der Waals surface area contributed by atoms with Crippen molar-refractivity contribution in [3.8, 4) is 0 Å². The Kier molecular flexibility index (Phi) is 5.79. The highest BCUT2D eigenvalue weighted by Crippen LogP contribution is 1.74. The molecule has 0 aromatic carbocycles. The zero-order valence-corrected chi connectivity index (χ0v) is 7.41. The van der Waals surface area contributed by atoms with Gasteiger partial charge in [-0.2, -0.15) is 0 Å². The van der Waals surface area contributed by atoms with Crippen LogP contribution in [0.3, 0.4) is 0 Å². The van der Waals surface area contributed by atoms with Crippen LogP contribution < -0.4 is 22.3 Å². The summed E-state index contributed by atoms with van der Waals surface area (Å²) in [6, 6.07) is 0. The van der Waals surface area contributed by atoms with E-state index in [2.05, 4.69) is 21.3 Å². The van der Waals surface area contributed by atoms with Gasteiger partial charge >= 0.3 is 6.09 Å². The fraction of sp³-hybridized carbons (Fsp3) is 0.500. The molecule has 14 heavy (non-hydrogen) atoms. The Morgan fingerprint density at radius 2 is 1.86 bits per heavy atom. The number of rotatable bonds is 6. The molecule has 0 aliphatic carbocycles. The van der Waals surface area contributed by atoms with E-state index in [0.717, 1.165) is 0 Å². The number of hydrogen-bond donors (Lipinski definition) is 4. The summed E-state index contributed by atoms with van der Waals surface area (Å²) in [6.45, 7) is -0.267. The van der Waals surface area contributed by atoms with Crippen molar-refractivity contribution in [2.24, 2.45) is 11.5 Å². The summed E-state index contributed by atoms with van der Waals surface area (Å²) in [5, 5.41) is 0. The maximum atomic E-state index is 10.8. The molecule has 0 saturated heterocycles. The van der Waals surface area contributed by atoms with Crippen molar-refractivity contribution in [3.63, 3.8) is 0 Å². The van der Waals surface area contributed by atoms with Crippen molar-refractivity contribution in [3.05, 3.63) is 0 Å². The molecule has 8 heteroatoms. The summed E-state index contributed by atoms with van der Waals surface area (Å²) < 4.78 is 4.18. The summed E-state index contributed by atoms with van der Waals surface area (Å²) in [5.74, 6) is -1.06. The number of nitrogens with one attached hydrogen (secondary N) is 2. The van der Waals surface area contributed by atoms with Gasteiger partial charge in [0, 0.05) is 13.0 Å². The number of carbonyl (C=O) groups excluding carboxylic acids is 3. The summed E-state index contributed by atoms with van der Waals surface area (Å²) in [4.78, 5) is 31.1. The van der Waals surface area contributed by atoms with Crippen molar-refractivity contribution < 1.29 is 19.1 Å². The van der Waals surface area contributed by atoms with Gasteiger partial charge in [-0.15, -0.1) is 0 Å². The Hall–Kier alpha value is -1.83. The van der Waals surface area contributed by atoms with Crippen molar-refractivity contribution >= 4 is 17.9 Å². The van der Waals surface area contributed by atoms with Gasteiger partial charge in [0.15, 0.2) is 6.61 Å². The van der Waals surface area contributed by atoms with Gasteiger partial charge in [0.25, 0.3) is 5.91 Å². The van der Waals surface area contributed by atoms with Gasteiger partial charge in [-0.3, -0.25) is 15.0 Å². The monoisotopic (exact) mass is 204 g/mol. The predicted octanol–water partition coefficient (Wildman–Crippen LogP) is -2.42. The highest BCUT2D eigenvalue weighted by molar-refractivity contribution is 5.79. The summed E-state index contributed by atoms with van der Waals surface area (Å²) in [5.41, 5.74) is 14.0. The second-order valence-corrected chi connectivity index (χ2v) is 2.30. The molecule has 0 aromatic rings. The second-order valence-electron chi connectivity index (χ2n) is 2.30. The zero-order chi connectivity index (χ0) is 11.0. The third kappa shape index (κ3) is 8.27. The van der Waals surface area contributed by atoms with E-state index in [4.69, 9.17) is 5.73 Å². The standard InChI is InChI=1S/C6H12N4O4/c7-4(11)1-2-9-10-5(12)3-14-6(8)13/h9H,1-3H2,(H2,7,11)(H2,8,13)(H,10,12). The lowest BCUT2D eigenvalue weighted by Gasteiger charge is -2.05. The molecular weight excluding hydrogens is 192 g/mol. The van der Waals surface area contributed by atoms with Gasteiger partial charge in [-0.25, -0.2) is 10.2 Å². The minimum atomic E-state index is -1.03. The second kappa shape index (κ2) is 6.66. The van der Waals surface area contributed by atoms with Gasteiger partial charge in [0.05, 0.1) is 0 Å². The van der Waals surface area contributed by atoms with Crippen molar-refractivity contribution in [1.82, 2.24) is 10.9 Å². The molecule has 0 rings (SSSR count). The average molecular weight is 204 g/mol. The number of hydrogen-bond acceptors (Lipinski definition) is 5. The predicted molar refractivity (Wildman–Crippen MR) is 45.5 cm³/mol. The topological polar surface area (TPSA) is 137 Å². The van der Waals surface area contributed by atoms with Crippen LogP contribution in [0.4, 0.5) is 4.79 Å². The first-order valence-electron chi connectivity index (χ1n) is 3.74. The van der Waals surface area contributed by atoms with Crippen molar-refractivity contribution in [2.75, 3.05) is 13.2 Å². The van der Waals surface area contributed by atoms with Gasteiger partial charge in [0.1, 0.15) is 0 Å². The van der Waals surface area contributed by atoms with Crippen LogP contribution in [0, 0.1) is 0 Å². The molecule has 80 valence electrons. The smallest absolute Gasteiger partial charge is 0.405 e. The van der Waals surface area contributed by atoms with Gasteiger partial charge in [-0.1, -0.05) is 0 Å². The number of ether oxygens (including phenoxy) is 1. The zero-order valence-electron chi connectivity index (χ0n) is 7.41. The van der Waals surface area contributed by atoms with Crippen LogP contribution in [-0.4, -0.2) is 31.1 Å². The lowest BCUT2D eigenvalue weighted by Crippen LogP contribution is -2.41. The van der Waals surface area contributed by atoms with Crippen molar-refractivity contribution in [2.45, 2.75) is 6.42 Å². The van der Waals surface area contributed by atoms with E-state index in [9.17, 15) is 14.4 Å². The van der Waals surface area contributed by atoms with Gasteiger partial charge in [-0.05, 0) is 0 Å². The maximum absolute atomic E-state index is 10.8. The van der Waals surface area contributed by atoms with E-state index in [0.29, 0.717) is 0 Å². The Morgan fingerprint density at radius 1 is 1.21 bits per heavy atom. The quantitative estimate of drug-likeness (QED) is 0.282. The van der Waals surface area contributed by atoms with Crippen LogP contribution in [0.5, 0.6) is 0 Å². The first-order chi connectivity index (χ1) is 6.52. The minimum absolute atomic E-state index is 0.0942. The first kappa shape index (κ1) is 12.2. The number of amides is 3. The van der Waals surface area contributed by atoms with Crippen LogP contribution >= 0.6 is 0 Å². The Morgan fingerprint density at radius 3 is 2.36 bits per heavy atom. The molecule has 3 amide bonds. The Bertz CT molecular complexity index is 230. The molecule has 0 spiro atoms. The van der Waals surface area contributed by atoms with E-state index in [1.165, 1.54) is 0 Å². The van der Waals surface area contributed by atoms with Gasteiger partial charge in [0.2, 0.25) is 5.91 Å². The molecule has 8 nitrogen and oxygen atoms in total. The maximum Gasteiger partial charge on any atom is 0.405 e. The SMILES string of the molecule is NC(=O)CCNNC(=O)COC(N)=O. The van der Waals surface area contributed by atoms with Crippen molar-refractivity contribution in [1.29, 1.82) is 0 Å². The summed E-state index contributed by atoms with van der Waals surface area (Å²) >= 11 is 0. The van der Waals surface area contributed by atoms with Crippen LogP contribution in [0.1, 0.15) is 6.42 Å². The van der Waals surface area contributed by atoms with Crippen LogP contribution in [0.25, 0.3) is 0 Å². The molecule has 0 radical (unpaired) electrons. The normalized spacial score (nSPS) is 9.14. The molecule has 0 unspecified atom stereocenters. The van der Waals surface area contributed by atoms with E-state index in [-0.39, 0.29) is 13.0 Å². The average Bonchev–Trinajstić information content (AvgIpc) is 2.08. The molecule has 0 fully saturated rings. The van der Waals surface area contributed by atoms with Gasteiger partial charge < -0.3 is 16.2 Å². The number of carbonyl (C=O) groups is 3. The number of primary amides is 2.